The van der Waals surface area contributed by atoms with Gasteiger partial charge in [0.15, 0.2) is 5.78 Å². The summed E-state index contributed by atoms with van der Waals surface area (Å²) in [6.07, 6.45) is -2.94. The SMILES string of the molecule is CCC1/C=C(\C)CC(C)CC(OC)C2OC(O)(C(=O)C(=O)N3CCCCC3C(=O)OC(C(C)=CC3CCC(OCC(=O)c4cc(Cl)cc(OC(F)(F)F)c4)C(OC)C3)C(C)C(O)CC1=O)C(C)CC2OC. The van der Waals surface area contributed by atoms with Crippen molar-refractivity contribution in [2.75, 3.05) is 34.5 Å². The number of esters is 1. The molecule has 3 aliphatic heterocycles. The highest BCUT2D eigenvalue weighted by Crippen LogP contribution is 2.40. The van der Waals surface area contributed by atoms with Gasteiger partial charge < -0.3 is 48.3 Å². The van der Waals surface area contributed by atoms with E-state index in [0.717, 1.165) is 22.6 Å². The fourth-order valence-electron chi connectivity index (χ4n) is 10.7. The number of cyclic esters (lactones) is 1. The minimum Gasteiger partial charge on any atom is -0.456 e. The molecule has 2 saturated heterocycles. The molecule has 14 atom stereocenters. The number of carbonyl (C=O) groups excluding carboxylic acids is 5. The second-order valence-corrected chi connectivity index (χ2v) is 20.5. The topological polar surface area (TPSA) is 194 Å². The van der Waals surface area contributed by atoms with Crippen molar-refractivity contribution in [3.63, 3.8) is 0 Å². The molecule has 1 amide bonds. The third-order valence-electron chi connectivity index (χ3n) is 14.7. The molecule has 1 aliphatic carbocycles. The molecular formula is C52H73ClF3NO14. The van der Waals surface area contributed by atoms with E-state index in [2.05, 4.69) is 4.74 Å². The van der Waals surface area contributed by atoms with Crippen molar-refractivity contribution >= 4 is 40.8 Å². The number of ketones is 3. The van der Waals surface area contributed by atoms with Crippen LogP contribution in [-0.2, 0) is 47.6 Å². The summed E-state index contributed by atoms with van der Waals surface area (Å²) in [5.74, 6) is -9.61. The molecule has 2 bridgehead atoms. The maximum atomic E-state index is 14.5. The molecule has 1 aromatic carbocycles. The number of methoxy groups -OCH3 is 3. The molecule has 1 aromatic rings. The Hall–Kier alpha value is -3.75. The van der Waals surface area contributed by atoms with Crippen molar-refractivity contribution in [3.8, 4) is 5.75 Å². The van der Waals surface area contributed by atoms with Crippen LogP contribution < -0.4 is 4.74 Å². The van der Waals surface area contributed by atoms with Crippen molar-refractivity contribution < 1.29 is 80.5 Å². The molecule has 19 heteroatoms. The van der Waals surface area contributed by atoms with E-state index >= 15 is 0 Å². The number of amides is 1. The van der Waals surface area contributed by atoms with Crippen LogP contribution in [0.25, 0.3) is 0 Å². The Balaban J connectivity index is 1.43. The lowest BCUT2D eigenvalue weighted by Crippen LogP contribution is -2.64. The van der Waals surface area contributed by atoms with Gasteiger partial charge in [-0.25, -0.2) is 4.79 Å². The second kappa shape index (κ2) is 25.5. The number of allylic oxidation sites excluding steroid dienone is 3. The Labute approximate surface area is 420 Å². The Morgan fingerprint density at radius 3 is 2.25 bits per heavy atom. The largest absolute Gasteiger partial charge is 0.573 e. The average molecular weight is 1030 g/mol. The molecular weight excluding hydrogens is 955 g/mol. The molecule has 71 heavy (non-hydrogen) atoms. The Kier molecular flexibility index (Phi) is 20.9. The van der Waals surface area contributed by atoms with E-state index in [0.29, 0.717) is 56.9 Å². The van der Waals surface area contributed by atoms with Crippen LogP contribution in [0.4, 0.5) is 13.2 Å². The summed E-state index contributed by atoms with van der Waals surface area (Å²) in [4.78, 5) is 71.5. The lowest BCUT2D eigenvalue weighted by atomic mass is 9.81. The smallest absolute Gasteiger partial charge is 0.456 e. The summed E-state index contributed by atoms with van der Waals surface area (Å²) < 4.78 is 78.7. The quantitative estimate of drug-likeness (QED) is 0.0939. The molecule has 15 nitrogen and oxygen atoms in total. The van der Waals surface area contributed by atoms with Gasteiger partial charge in [0.25, 0.3) is 11.7 Å². The van der Waals surface area contributed by atoms with E-state index in [1.54, 1.807) is 20.8 Å². The van der Waals surface area contributed by atoms with Crippen LogP contribution in [0.5, 0.6) is 5.75 Å². The monoisotopic (exact) mass is 1030 g/mol. The highest BCUT2D eigenvalue weighted by molar-refractivity contribution is 6.39. The van der Waals surface area contributed by atoms with Crippen LogP contribution >= 0.6 is 11.6 Å². The number of fused-ring (bicyclic) bond motifs is 3. The minimum atomic E-state index is -4.99. The van der Waals surface area contributed by atoms with Crippen LogP contribution in [0.2, 0.25) is 5.02 Å². The summed E-state index contributed by atoms with van der Waals surface area (Å²) in [5.41, 5.74) is 1.36. The predicted octanol–water partition coefficient (Wildman–Crippen LogP) is 7.93. The van der Waals surface area contributed by atoms with Crippen molar-refractivity contribution in [1.82, 2.24) is 4.90 Å². The van der Waals surface area contributed by atoms with Gasteiger partial charge >= 0.3 is 12.3 Å². The molecule has 3 fully saturated rings. The van der Waals surface area contributed by atoms with Crippen LogP contribution in [0.3, 0.4) is 0 Å². The van der Waals surface area contributed by atoms with Gasteiger partial charge in [-0.15, -0.1) is 13.2 Å². The summed E-state index contributed by atoms with van der Waals surface area (Å²) >= 11 is 5.99. The van der Waals surface area contributed by atoms with Crippen molar-refractivity contribution in [3.05, 3.63) is 52.1 Å². The van der Waals surface area contributed by atoms with Gasteiger partial charge in [-0.2, -0.15) is 0 Å². The van der Waals surface area contributed by atoms with Crippen LogP contribution in [0, 0.1) is 29.6 Å². The lowest BCUT2D eigenvalue weighted by Gasteiger charge is -2.47. The number of benzene rings is 1. The zero-order valence-electron chi connectivity index (χ0n) is 42.3. The van der Waals surface area contributed by atoms with E-state index < -0.39 is 114 Å². The first kappa shape index (κ1) is 58.1. The van der Waals surface area contributed by atoms with Crippen LogP contribution in [0.15, 0.2) is 41.5 Å². The molecule has 0 spiro atoms. The van der Waals surface area contributed by atoms with E-state index in [-0.39, 0.29) is 54.0 Å². The van der Waals surface area contributed by atoms with E-state index in [1.807, 2.05) is 32.9 Å². The van der Waals surface area contributed by atoms with E-state index in [9.17, 15) is 47.4 Å². The van der Waals surface area contributed by atoms with Crippen molar-refractivity contribution in [2.45, 2.75) is 173 Å². The number of Topliss-reactive ketones (excluding diaryl/α,β-unsaturated/α-hetero) is 3. The zero-order valence-corrected chi connectivity index (χ0v) is 43.1. The Morgan fingerprint density at radius 1 is 0.930 bits per heavy atom. The van der Waals surface area contributed by atoms with Gasteiger partial charge in [0.05, 0.1) is 30.5 Å². The van der Waals surface area contributed by atoms with Gasteiger partial charge in [0.2, 0.25) is 5.79 Å². The molecule has 0 radical (unpaired) electrons. The number of hydrogen-bond acceptors (Lipinski definition) is 14. The molecule has 398 valence electrons. The number of halogens is 4. The fraction of sp³-hybridized carbons (Fsp3) is 0.712. The van der Waals surface area contributed by atoms with Crippen molar-refractivity contribution in [2.24, 2.45) is 29.6 Å². The zero-order chi connectivity index (χ0) is 52.5. The first-order valence-corrected chi connectivity index (χ1v) is 25.1. The van der Waals surface area contributed by atoms with Gasteiger partial charge in [-0.05, 0) is 114 Å². The normalized spacial score (nSPS) is 35.4. The molecule has 2 N–H and O–H groups in total. The van der Waals surface area contributed by atoms with Crippen LogP contribution in [-0.4, -0.2) is 140 Å². The van der Waals surface area contributed by atoms with Gasteiger partial charge in [-0.1, -0.05) is 57.0 Å². The first-order chi connectivity index (χ1) is 33.4. The summed E-state index contributed by atoms with van der Waals surface area (Å²) in [5, 5.41) is 23.8. The summed E-state index contributed by atoms with van der Waals surface area (Å²) in [6.45, 7) is 10.4. The van der Waals surface area contributed by atoms with Gasteiger partial charge in [-0.3, -0.25) is 19.2 Å². The number of alkyl halides is 3. The number of aliphatic hydroxyl groups excluding tert-OH is 1. The molecule has 1 saturated carbocycles. The van der Waals surface area contributed by atoms with E-state index in [4.69, 9.17) is 40.0 Å². The summed E-state index contributed by atoms with van der Waals surface area (Å²) in [6, 6.07) is 1.87. The number of rotatable bonds is 11. The van der Waals surface area contributed by atoms with Gasteiger partial charge in [0.1, 0.15) is 36.4 Å². The molecule has 0 aromatic heterocycles. The Morgan fingerprint density at radius 2 is 1.61 bits per heavy atom. The Bertz CT molecular complexity index is 2100. The van der Waals surface area contributed by atoms with Gasteiger partial charge in [0, 0.05) is 62.6 Å². The van der Waals surface area contributed by atoms with E-state index in [1.165, 1.54) is 27.4 Å². The highest BCUT2D eigenvalue weighted by Gasteiger charge is 2.56. The predicted molar refractivity (Wildman–Crippen MR) is 254 cm³/mol. The minimum absolute atomic E-state index is 0.0187. The third kappa shape index (κ3) is 15.0. The first-order valence-electron chi connectivity index (χ1n) is 24.7. The van der Waals surface area contributed by atoms with Crippen LogP contribution in [0.1, 0.15) is 123 Å². The standard InChI is InChI=1S/C52H73ClF3NO14/c1-10-34-18-28(2)17-29(3)19-44(66-8)47-45(67-9)21-31(5)51(64,71-47)48(61)49(62)57-16-12-11-13-38(57)50(63)69-46(32(6)39(58)26-40(34)59)30(4)20-33-14-15-42(43(22-33)65-7)68-27-41(60)35-23-36(53)25-37(24-35)70-52(54,55)56/h18,20,23-25,29,31-34,38-39,42-47,58,64H,10-17,19,21-22,26-27H2,1-9H3/b28-18+,30-20?. The molecule has 14 unspecified atom stereocenters. The maximum absolute atomic E-state index is 14.5. The molecule has 3 heterocycles. The molecule has 5 rings (SSSR count). The fourth-order valence-corrected chi connectivity index (χ4v) is 11.0. The number of aliphatic hydroxyl groups is 2. The van der Waals surface area contributed by atoms with Crippen molar-refractivity contribution in [1.29, 1.82) is 0 Å². The second-order valence-electron chi connectivity index (χ2n) is 20.1. The number of ether oxygens (including phenoxy) is 7. The number of hydrogen-bond donors (Lipinski definition) is 2. The highest BCUT2D eigenvalue weighted by atomic mass is 35.5. The number of piperidine rings is 1. The number of carbonyl (C=O) groups is 5. The summed E-state index contributed by atoms with van der Waals surface area (Å²) in [7, 11) is 4.50. The maximum Gasteiger partial charge on any atom is 0.573 e. The number of nitrogens with zero attached hydrogens (tertiary/aromatic N) is 1. The third-order valence-corrected chi connectivity index (χ3v) is 14.9. The average Bonchev–Trinajstić information content (AvgIpc) is 3.32. The lowest BCUT2D eigenvalue weighted by molar-refractivity contribution is -0.302. The molecule has 4 aliphatic rings.